The molecule has 3 aromatic rings. The topological polar surface area (TPSA) is 73.0 Å². The van der Waals surface area contributed by atoms with Crippen LogP contribution in [-0.4, -0.2) is 28.5 Å². The van der Waals surface area contributed by atoms with Gasteiger partial charge in [0.25, 0.3) is 0 Å². The zero-order chi connectivity index (χ0) is 17.2. The Kier molecular flexibility index (Phi) is 4.08. The van der Waals surface area contributed by atoms with Crippen LogP contribution in [0.3, 0.4) is 0 Å². The highest BCUT2D eigenvalue weighted by molar-refractivity contribution is 5.84. The zero-order valence-corrected chi connectivity index (χ0v) is 14.0. The van der Waals surface area contributed by atoms with Gasteiger partial charge in [-0.1, -0.05) is 12.1 Å². The van der Waals surface area contributed by atoms with E-state index in [1.165, 1.54) is 0 Å². The molecule has 1 aliphatic heterocycles. The second-order valence-corrected chi connectivity index (χ2v) is 6.07. The molecule has 25 heavy (non-hydrogen) atoms. The summed E-state index contributed by atoms with van der Waals surface area (Å²) in [5.41, 5.74) is 3.22. The number of rotatable bonds is 3. The minimum atomic E-state index is -0.00451. The molecular formula is C19H18N4O2. The molecule has 1 aromatic carbocycles. The van der Waals surface area contributed by atoms with Crippen molar-refractivity contribution >= 4 is 10.9 Å². The number of nitriles is 1. The largest absolute Gasteiger partial charge is 0.494 e. The van der Waals surface area contributed by atoms with E-state index in [0.29, 0.717) is 5.75 Å². The van der Waals surface area contributed by atoms with Crippen LogP contribution in [0.25, 0.3) is 22.0 Å². The van der Waals surface area contributed by atoms with Gasteiger partial charge in [0.1, 0.15) is 6.07 Å². The Morgan fingerprint density at radius 1 is 1.24 bits per heavy atom. The molecule has 1 fully saturated rings. The third-order valence-electron chi connectivity index (χ3n) is 4.54. The van der Waals surface area contributed by atoms with Gasteiger partial charge in [0, 0.05) is 23.8 Å². The van der Waals surface area contributed by atoms with E-state index >= 15 is 0 Å². The fourth-order valence-corrected chi connectivity index (χ4v) is 3.21. The van der Waals surface area contributed by atoms with E-state index in [1.54, 1.807) is 13.3 Å². The highest BCUT2D eigenvalue weighted by Gasteiger charge is 2.19. The first kappa shape index (κ1) is 15.6. The van der Waals surface area contributed by atoms with E-state index in [1.807, 2.05) is 35.1 Å². The van der Waals surface area contributed by atoms with Crippen LogP contribution in [0.4, 0.5) is 0 Å². The average Bonchev–Trinajstić information content (AvgIpc) is 3.11. The molecular weight excluding hydrogens is 316 g/mol. The lowest BCUT2D eigenvalue weighted by atomic mass is 10.1. The number of hydrogen-bond donors (Lipinski definition) is 0. The molecule has 1 aliphatic rings. The Hall–Kier alpha value is -2.91. The Bertz CT molecular complexity index is 952. The van der Waals surface area contributed by atoms with Crippen molar-refractivity contribution < 1.29 is 9.47 Å². The molecule has 6 heteroatoms. The van der Waals surface area contributed by atoms with Crippen molar-refractivity contribution in [1.82, 2.24) is 14.8 Å². The van der Waals surface area contributed by atoms with Gasteiger partial charge in [0.05, 0.1) is 18.8 Å². The number of aromatic nitrogens is 3. The van der Waals surface area contributed by atoms with Crippen molar-refractivity contribution in [3.8, 4) is 22.9 Å². The van der Waals surface area contributed by atoms with Crippen LogP contribution in [0.15, 0.2) is 36.7 Å². The first-order chi connectivity index (χ1) is 12.3. The van der Waals surface area contributed by atoms with Crippen LogP contribution >= 0.6 is 0 Å². The zero-order valence-electron chi connectivity index (χ0n) is 14.0. The number of hydrogen-bond acceptors (Lipinski definition) is 5. The summed E-state index contributed by atoms with van der Waals surface area (Å²) in [5.74, 6) is 0.476. The summed E-state index contributed by atoms with van der Waals surface area (Å²) < 4.78 is 13.1. The molecule has 6 nitrogen and oxygen atoms in total. The monoisotopic (exact) mass is 334 g/mol. The Morgan fingerprint density at radius 3 is 2.92 bits per heavy atom. The summed E-state index contributed by atoms with van der Waals surface area (Å²) in [5, 5.41) is 14.7. The second-order valence-electron chi connectivity index (χ2n) is 6.07. The fraction of sp³-hybridized carbons (Fsp3) is 0.316. The van der Waals surface area contributed by atoms with Gasteiger partial charge < -0.3 is 9.47 Å². The molecule has 2 aromatic heterocycles. The Labute approximate surface area is 145 Å². The van der Waals surface area contributed by atoms with Crippen molar-refractivity contribution in [2.24, 2.45) is 0 Å². The van der Waals surface area contributed by atoms with E-state index < -0.39 is 0 Å². The van der Waals surface area contributed by atoms with Gasteiger partial charge in [0.15, 0.2) is 17.7 Å². The van der Waals surface area contributed by atoms with E-state index in [9.17, 15) is 0 Å². The molecule has 1 atom stereocenters. The molecule has 0 spiro atoms. The number of fused-ring (bicyclic) bond motifs is 1. The summed E-state index contributed by atoms with van der Waals surface area (Å²) in [6.45, 7) is 0.780. The summed E-state index contributed by atoms with van der Waals surface area (Å²) in [4.78, 5) is 4.19. The van der Waals surface area contributed by atoms with E-state index in [-0.39, 0.29) is 11.9 Å². The van der Waals surface area contributed by atoms with Crippen LogP contribution < -0.4 is 4.74 Å². The van der Waals surface area contributed by atoms with Gasteiger partial charge in [-0.05, 0) is 37.0 Å². The molecule has 3 heterocycles. The quantitative estimate of drug-likeness (QED) is 0.730. The minimum Gasteiger partial charge on any atom is -0.494 e. The number of nitrogens with zero attached hydrogens (tertiary/aromatic N) is 4. The fourth-order valence-electron chi connectivity index (χ4n) is 3.21. The third-order valence-corrected chi connectivity index (χ3v) is 4.54. The van der Waals surface area contributed by atoms with Crippen molar-refractivity contribution in [3.63, 3.8) is 0 Å². The lowest BCUT2D eigenvalue weighted by Crippen LogP contribution is -2.18. The van der Waals surface area contributed by atoms with Gasteiger partial charge in [-0.25, -0.2) is 9.67 Å². The van der Waals surface area contributed by atoms with Crippen molar-refractivity contribution in [2.45, 2.75) is 25.5 Å². The standard InChI is InChI=1S/C19H18N4O2/c1-24-18-9-15(11-21-16(18)10-20)13-5-6-14-12-22-23(17(14)8-13)19-4-2-3-7-25-19/h5-6,8-9,11-12,19H,2-4,7H2,1H3. The number of benzene rings is 1. The summed E-state index contributed by atoms with van der Waals surface area (Å²) in [7, 11) is 1.54. The molecule has 0 bridgehead atoms. The summed E-state index contributed by atoms with van der Waals surface area (Å²) >= 11 is 0. The van der Waals surface area contributed by atoms with Crippen LogP contribution in [0, 0.1) is 11.3 Å². The number of pyridine rings is 1. The van der Waals surface area contributed by atoms with Crippen LogP contribution in [0.2, 0.25) is 0 Å². The molecule has 1 unspecified atom stereocenters. The maximum Gasteiger partial charge on any atom is 0.182 e. The molecule has 0 amide bonds. The van der Waals surface area contributed by atoms with E-state index in [4.69, 9.17) is 14.7 Å². The Morgan fingerprint density at radius 2 is 2.16 bits per heavy atom. The molecule has 0 aliphatic carbocycles. The van der Waals surface area contributed by atoms with Crippen LogP contribution in [-0.2, 0) is 4.74 Å². The van der Waals surface area contributed by atoms with Crippen molar-refractivity contribution in [3.05, 3.63) is 42.4 Å². The maximum atomic E-state index is 9.09. The first-order valence-electron chi connectivity index (χ1n) is 8.33. The van der Waals surface area contributed by atoms with E-state index in [2.05, 4.69) is 16.1 Å². The maximum absolute atomic E-state index is 9.09. The summed E-state index contributed by atoms with van der Waals surface area (Å²) in [6, 6.07) is 10.0. The highest BCUT2D eigenvalue weighted by atomic mass is 16.5. The average molecular weight is 334 g/mol. The van der Waals surface area contributed by atoms with Gasteiger partial charge in [-0.3, -0.25) is 0 Å². The normalized spacial score (nSPS) is 17.4. The molecule has 126 valence electrons. The van der Waals surface area contributed by atoms with Crippen molar-refractivity contribution in [2.75, 3.05) is 13.7 Å². The van der Waals surface area contributed by atoms with Gasteiger partial charge in [-0.2, -0.15) is 10.4 Å². The van der Waals surface area contributed by atoms with Gasteiger partial charge in [0.2, 0.25) is 0 Å². The molecule has 0 N–H and O–H groups in total. The highest BCUT2D eigenvalue weighted by Crippen LogP contribution is 2.30. The lowest BCUT2D eigenvalue weighted by molar-refractivity contribution is -0.0366. The van der Waals surface area contributed by atoms with E-state index in [0.717, 1.165) is 47.9 Å². The van der Waals surface area contributed by atoms with Gasteiger partial charge >= 0.3 is 0 Å². The number of methoxy groups -OCH3 is 1. The van der Waals surface area contributed by atoms with Crippen molar-refractivity contribution in [1.29, 1.82) is 5.26 Å². The SMILES string of the molecule is COc1cc(-c2ccc3cnn(C4CCCCO4)c3c2)cnc1C#N. The molecule has 4 rings (SSSR count). The van der Waals surface area contributed by atoms with Gasteiger partial charge in [-0.15, -0.1) is 0 Å². The lowest BCUT2D eigenvalue weighted by Gasteiger charge is -2.23. The molecule has 1 saturated heterocycles. The second kappa shape index (κ2) is 6.54. The molecule has 0 radical (unpaired) electrons. The van der Waals surface area contributed by atoms with Crippen LogP contribution in [0.5, 0.6) is 5.75 Å². The predicted molar refractivity (Wildman–Crippen MR) is 93.1 cm³/mol. The minimum absolute atomic E-state index is 0.00451. The molecule has 0 saturated carbocycles. The number of ether oxygens (including phenoxy) is 2. The predicted octanol–water partition coefficient (Wildman–Crippen LogP) is 3.68. The summed E-state index contributed by atoms with van der Waals surface area (Å²) in [6.07, 6.45) is 6.80. The Balaban J connectivity index is 1.77. The third kappa shape index (κ3) is 2.83. The first-order valence-corrected chi connectivity index (χ1v) is 8.33. The van der Waals surface area contributed by atoms with Crippen LogP contribution in [0.1, 0.15) is 31.2 Å². The smallest absolute Gasteiger partial charge is 0.182 e.